The first-order valence-electron chi connectivity index (χ1n) is 22.3. The Morgan fingerprint density at radius 3 is 2.42 bits per heavy atom. The maximum absolute atomic E-state index is 15.2. The summed E-state index contributed by atoms with van der Waals surface area (Å²) >= 11 is 0. The van der Waals surface area contributed by atoms with Gasteiger partial charge in [0.05, 0.1) is 53.7 Å². The second kappa shape index (κ2) is 17.6. The molecule has 8 rings (SSSR count). The van der Waals surface area contributed by atoms with Crippen LogP contribution in [0.1, 0.15) is 124 Å². The predicted octanol–water partition coefficient (Wildman–Crippen LogP) is 7.22. The minimum atomic E-state index is -4.10. The van der Waals surface area contributed by atoms with Crippen LogP contribution in [0, 0.1) is 46.3 Å². The Bertz CT molecular complexity index is 2160. The molecule has 1 aromatic carbocycles. The van der Waals surface area contributed by atoms with Gasteiger partial charge in [0.15, 0.2) is 5.78 Å². The molecule has 1 aromatic heterocycles. The van der Waals surface area contributed by atoms with Gasteiger partial charge in [-0.1, -0.05) is 48.0 Å². The Balaban J connectivity index is 0.00000578. The lowest BCUT2D eigenvalue weighted by Gasteiger charge is -2.36. The molecular formula is C46H64F2N4O9S. The van der Waals surface area contributed by atoms with Crippen molar-refractivity contribution in [1.82, 2.24) is 19.6 Å². The number of aromatic nitrogens is 2. The number of fused-ring (bicyclic) bond motifs is 9. The monoisotopic (exact) mass is 886 g/mol. The maximum Gasteiger partial charge on any atom is 0.306 e. The second-order valence-electron chi connectivity index (χ2n) is 19.8. The fraction of sp³-hybridized carbons (Fsp3) is 0.739. The molecule has 10 atom stereocenters. The Labute approximate surface area is 364 Å². The van der Waals surface area contributed by atoms with Gasteiger partial charge in [0.1, 0.15) is 23.7 Å². The summed E-state index contributed by atoms with van der Waals surface area (Å²) in [7, 11) is -2.55. The number of benzene rings is 1. The molecule has 0 radical (unpaired) electrons. The van der Waals surface area contributed by atoms with Crippen molar-refractivity contribution in [3.8, 4) is 11.6 Å². The third kappa shape index (κ3) is 8.91. The zero-order valence-corrected chi connectivity index (χ0v) is 36.7. The first-order chi connectivity index (χ1) is 28.9. The molecule has 6 aliphatic rings. The molecule has 4 aliphatic carbocycles. The Kier molecular flexibility index (Phi) is 13.0. The number of nitrogens with zero attached hydrogens (tertiary/aromatic N) is 3. The van der Waals surface area contributed by atoms with E-state index in [0.29, 0.717) is 54.1 Å². The van der Waals surface area contributed by atoms with E-state index in [1.165, 1.54) is 4.90 Å². The summed E-state index contributed by atoms with van der Waals surface area (Å²) in [5.74, 6) is -4.00. The number of hydrogen-bond acceptors (Lipinski definition) is 11. The van der Waals surface area contributed by atoms with Gasteiger partial charge in [0, 0.05) is 24.3 Å². The van der Waals surface area contributed by atoms with Gasteiger partial charge in [-0.3, -0.25) is 23.9 Å². The van der Waals surface area contributed by atoms with Crippen LogP contribution in [0.4, 0.5) is 8.78 Å². The van der Waals surface area contributed by atoms with E-state index in [-0.39, 0.29) is 50.6 Å². The fourth-order valence-electron chi connectivity index (χ4n) is 11.1. The van der Waals surface area contributed by atoms with Crippen molar-refractivity contribution in [3.05, 3.63) is 23.9 Å². The summed E-state index contributed by atoms with van der Waals surface area (Å²) in [5, 5.41) is -0.781. The number of ether oxygens (including phenoxy) is 3. The summed E-state index contributed by atoms with van der Waals surface area (Å²) in [5.41, 5.74) is -0.928. The van der Waals surface area contributed by atoms with Gasteiger partial charge in [0.25, 0.3) is 0 Å². The summed E-state index contributed by atoms with van der Waals surface area (Å²) < 4.78 is 75.2. The van der Waals surface area contributed by atoms with Crippen LogP contribution in [0.3, 0.4) is 0 Å². The highest BCUT2D eigenvalue weighted by Crippen LogP contribution is 2.59. The quantitative estimate of drug-likeness (QED) is 0.252. The molecule has 13 nitrogen and oxygen atoms in total. The van der Waals surface area contributed by atoms with Gasteiger partial charge in [-0.25, -0.2) is 27.2 Å². The lowest BCUT2D eigenvalue weighted by molar-refractivity contribution is -0.161. The van der Waals surface area contributed by atoms with E-state index in [9.17, 15) is 31.6 Å². The van der Waals surface area contributed by atoms with Crippen molar-refractivity contribution in [2.45, 2.75) is 155 Å². The average Bonchev–Trinajstić information content (AvgIpc) is 4.08. The van der Waals surface area contributed by atoms with Crippen molar-refractivity contribution in [3.63, 3.8) is 0 Å². The van der Waals surface area contributed by atoms with Crippen LogP contribution in [0.25, 0.3) is 11.0 Å². The SMILES string of the molecule is C.CC[C@@H]1[C@@H]2CN(C(=O)[C@H](C(C)(C)C)CC(=O)OC3[C@H]4CC[C@H](C4)[C@H]3CCCCCc3nc4ccc(OC)cc4nc3O2)[C@@H]1C(=O)C[C@]1(C(=O)NS(=O)(=O)C2CC2)C[C@H]1C(F)F. The molecule has 16 heteroatoms. The van der Waals surface area contributed by atoms with Crippen LogP contribution in [-0.4, -0.2) is 90.4 Å². The molecule has 0 spiro atoms. The number of alkyl halides is 2. The van der Waals surface area contributed by atoms with E-state index in [4.69, 9.17) is 24.2 Å². The predicted molar refractivity (Wildman–Crippen MR) is 227 cm³/mol. The lowest BCUT2D eigenvalue weighted by atomic mass is 9.77. The number of Topliss-reactive ketones (excluding diaryl/α,β-unsaturated/α-hetero) is 1. The molecule has 4 bridgehead atoms. The smallest absolute Gasteiger partial charge is 0.306 e. The van der Waals surface area contributed by atoms with Crippen LogP contribution in [0.5, 0.6) is 11.6 Å². The van der Waals surface area contributed by atoms with Crippen LogP contribution < -0.4 is 14.2 Å². The number of hydrogen-bond donors (Lipinski definition) is 1. The molecular weight excluding hydrogens is 823 g/mol. The number of sulfonamides is 1. The first-order valence-corrected chi connectivity index (χ1v) is 23.9. The number of nitrogens with one attached hydrogen (secondary N) is 1. The molecule has 1 unspecified atom stereocenters. The molecule has 2 aromatic rings. The van der Waals surface area contributed by atoms with E-state index >= 15 is 4.79 Å². The van der Waals surface area contributed by atoms with Crippen molar-refractivity contribution >= 4 is 44.6 Å². The van der Waals surface area contributed by atoms with Gasteiger partial charge in [-0.05, 0) is 99.5 Å². The van der Waals surface area contributed by atoms with Crippen molar-refractivity contribution < 1.29 is 50.6 Å². The largest absolute Gasteiger partial charge is 0.497 e. The summed E-state index contributed by atoms with van der Waals surface area (Å²) in [6.07, 6.45) is 3.03. The average molecular weight is 887 g/mol. The van der Waals surface area contributed by atoms with Crippen LogP contribution in [0.15, 0.2) is 18.2 Å². The Hall–Kier alpha value is -3.95. The summed E-state index contributed by atoms with van der Waals surface area (Å²) in [6.45, 7) is 7.33. The zero-order chi connectivity index (χ0) is 43.6. The Morgan fingerprint density at radius 2 is 1.76 bits per heavy atom. The molecule has 5 fully saturated rings. The summed E-state index contributed by atoms with van der Waals surface area (Å²) in [6, 6.07) is 4.17. The number of esters is 1. The molecule has 62 heavy (non-hydrogen) atoms. The van der Waals surface area contributed by atoms with E-state index in [1.54, 1.807) is 13.2 Å². The molecule has 1 saturated heterocycles. The topological polar surface area (TPSA) is 171 Å². The second-order valence-corrected chi connectivity index (χ2v) is 21.7. The molecule has 3 heterocycles. The maximum atomic E-state index is 15.2. The number of amides is 2. The van der Waals surface area contributed by atoms with E-state index in [0.717, 1.165) is 44.9 Å². The third-order valence-corrected chi connectivity index (χ3v) is 16.7. The zero-order valence-electron chi connectivity index (χ0n) is 35.9. The number of aryl methyl sites for hydroxylation is 1. The minimum Gasteiger partial charge on any atom is -0.497 e. The van der Waals surface area contributed by atoms with E-state index in [1.807, 2.05) is 44.5 Å². The highest BCUT2D eigenvalue weighted by atomic mass is 32.2. The standard InChI is InChI=1S/C45H60F2N4O9S.CH4/c1-6-28-36-23-51(38(28)35(52)22-45(21-31(45)40(46)47)43(55)50-61(56,57)27-15-16-27)42(54)30(44(2,3)4)20-37(53)60-39-25-13-12-24(18-25)29(39)10-8-7-9-11-33-41(59-36)49-34-19-26(58-5)14-17-32(34)48-33;/h14,17,19,24-25,27-31,36,38-40H,6-13,15-16,18,20-23H2,1-5H3,(H,50,55);1H4/t24-,25+,28-,29-,30-,31+,36+,38+,39?,45-;/m1./s1. The van der Waals surface area contributed by atoms with E-state index < -0.39 is 92.4 Å². The normalized spacial score (nSPS) is 32.8. The van der Waals surface area contributed by atoms with Crippen molar-refractivity contribution in [2.75, 3.05) is 13.7 Å². The van der Waals surface area contributed by atoms with Crippen molar-refractivity contribution in [2.24, 2.45) is 46.3 Å². The van der Waals surface area contributed by atoms with E-state index in [2.05, 4.69) is 0 Å². The van der Waals surface area contributed by atoms with Gasteiger partial charge >= 0.3 is 5.97 Å². The number of rotatable bonds is 9. The molecule has 2 aliphatic heterocycles. The Morgan fingerprint density at radius 1 is 1.02 bits per heavy atom. The molecule has 2 amide bonds. The number of methoxy groups -OCH3 is 1. The number of halogens is 2. The molecule has 4 saturated carbocycles. The minimum absolute atomic E-state index is 0. The van der Waals surface area contributed by atoms with Crippen LogP contribution in [-0.2, 0) is 40.4 Å². The number of ketones is 1. The third-order valence-electron chi connectivity index (χ3n) is 14.9. The summed E-state index contributed by atoms with van der Waals surface area (Å²) in [4.78, 5) is 69.1. The van der Waals surface area contributed by atoms with Gasteiger partial charge < -0.3 is 19.1 Å². The number of carbonyl (C=O) groups excluding carboxylic acids is 4. The first kappa shape index (κ1) is 46.1. The van der Waals surface area contributed by atoms with Crippen LogP contribution >= 0.6 is 0 Å². The van der Waals surface area contributed by atoms with Gasteiger partial charge in [0.2, 0.25) is 34.1 Å². The fourth-order valence-corrected chi connectivity index (χ4v) is 12.5. The molecule has 342 valence electrons. The highest BCUT2D eigenvalue weighted by molar-refractivity contribution is 7.90. The van der Waals surface area contributed by atoms with Gasteiger partial charge in [-0.2, -0.15) is 0 Å². The highest BCUT2D eigenvalue weighted by Gasteiger charge is 2.66. The molecule has 1 N–H and O–H groups in total. The van der Waals surface area contributed by atoms with Crippen LogP contribution in [0.2, 0.25) is 0 Å². The van der Waals surface area contributed by atoms with Crippen molar-refractivity contribution in [1.29, 1.82) is 0 Å². The van der Waals surface area contributed by atoms with Gasteiger partial charge in [-0.15, -0.1) is 0 Å². The lowest BCUT2D eigenvalue weighted by Crippen LogP contribution is -2.50. The number of carbonyl (C=O) groups is 4.